The SMILES string of the molecule is CCOc1ccc(OC)c(CC)c1. The Morgan fingerprint density at radius 3 is 2.54 bits per heavy atom. The molecule has 1 aromatic carbocycles. The summed E-state index contributed by atoms with van der Waals surface area (Å²) in [5.74, 6) is 1.85. The van der Waals surface area contributed by atoms with E-state index >= 15 is 0 Å². The molecule has 0 saturated carbocycles. The van der Waals surface area contributed by atoms with Crippen LogP contribution in [0, 0.1) is 0 Å². The minimum atomic E-state index is 0.704. The van der Waals surface area contributed by atoms with Gasteiger partial charge in [0.15, 0.2) is 0 Å². The molecule has 72 valence electrons. The molecule has 0 aliphatic carbocycles. The van der Waals surface area contributed by atoms with E-state index in [1.54, 1.807) is 7.11 Å². The van der Waals surface area contributed by atoms with Gasteiger partial charge < -0.3 is 9.47 Å². The largest absolute Gasteiger partial charge is 0.496 e. The first-order valence-corrected chi connectivity index (χ1v) is 4.61. The maximum Gasteiger partial charge on any atom is 0.122 e. The third-order valence-corrected chi connectivity index (χ3v) is 1.94. The van der Waals surface area contributed by atoms with Crippen molar-refractivity contribution < 1.29 is 9.47 Å². The van der Waals surface area contributed by atoms with E-state index in [0.717, 1.165) is 17.9 Å². The molecule has 0 N–H and O–H groups in total. The molecule has 2 nitrogen and oxygen atoms in total. The molecule has 0 heterocycles. The Labute approximate surface area is 79.5 Å². The molecule has 0 aromatic heterocycles. The van der Waals surface area contributed by atoms with E-state index in [1.165, 1.54) is 5.56 Å². The summed E-state index contributed by atoms with van der Waals surface area (Å²) < 4.78 is 10.6. The Morgan fingerprint density at radius 1 is 1.23 bits per heavy atom. The summed E-state index contributed by atoms with van der Waals surface area (Å²) in [5.41, 5.74) is 1.19. The zero-order valence-electron chi connectivity index (χ0n) is 8.46. The van der Waals surface area contributed by atoms with Gasteiger partial charge in [0, 0.05) is 0 Å². The fraction of sp³-hybridized carbons (Fsp3) is 0.455. The molecular weight excluding hydrogens is 164 g/mol. The smallest absolute Gasteiger partial charge is 0.122 e. The van der Waals surface area contributed by atoms with Gasteiger partial charge in [-0.25, -0.2) is 0 Å². The van der Waals surface area contributed by atoms with Crippen LogP contribution in [-0.4, -0.2) is 13.7 Å². The van der Waals surface area contributed by atoms with Crippen molar-refractivity contribution in [2.24, 2.45) is 0 Å². The second-order valence-electron chi connectivity index (χ2n) is 2.76. The number of hydrogen-bond acceptors (Lipinski definition) is 2. The molecule has 0 amide bonds. The summed E-state index contributed by atoms with van der Waals surface area (Å²) in [6.07, 6.45) is 0.962. The third kappa shape index (κ3) is 2.38. The molecule has 0 spiro atoms. The van der Waals surface area contributed by atoms with Crippen molar-refractivity contribution in [3.05, 3.63) is 23.8 Å². The normalized spacial score (nSPS) is 9.77. The van der Waals surface area contributed by atoms with Gasteiger partial charge in [0.1, 0.15) is 11.5 Å². The predicted molar refractivity (Wildman–Crippen MR) is 53.5 cm³/mol. The van der Waals surface area contributed by atoms with Gasteiger partial charge in [-0.3, -0.25) is 0 Å². The highest BCUT2D eigenvalue weighted by atomic mass is 16.5. The summed E-state index contributed by atoms with van der Waals surface area (Å²) in [6, 6.07) is 5.91. The van der Waals surface area contributed by atoms with Crippen molar-refractivity contribution in [2.45, 2.75) is 20.3 Å². The highest BCUT2D eigenvalue weighted by Crippen LogP contribution is 2.24. The Hall–Kier alpha value is -1.18. The molecule has 0 saturated heterocycles. The third-order valence-electron chi connectivity index (χ3n) is 1.94. The van der Waals surface area contributed by atoms with Gasteiger partial charge in [-0.2, -0.15) is 0 Å². The molecule has 0 radical (unpaired) electrons. The lowest BCUT2D eigenvalue weighted by Crippen LogP contribution is -1.94. The number of benzene rings is 1. The standard InChI is InChI=1S/C11H16O2/c1-4-9-8-10(13-5-2)6-7-11(9)12-3/h6-8H,4-5H2,1-3H3. The van der Waals surface area contributed by atoms with E-state index < -0.39 is 0 Å². The van der Waals surface area contributed by atoms with Crippen LogP contribution in [0.15, 0.2) is 18.2 Å². The van der Waals surface area contributed by atoms with Crippen LogP contribution in [0.3, 0.4) is 0 Å². The maximum absolute atomic E-state index is 5.39. The topological polar surface area (TPSA) is 18.5 Å². The molecule has 2 heteroatoms. The quantitative estimate of drug-likeness (QED) is 0.709. The van der Waals surface area contributed by atoms with Gasteiger partial charge >= 0.3 is 0 Å². The number of ether oxygens (including phenoxy) is 2. The van der Waals surface area contributed by atoms with Crippen LogP contribution in [0.2, 0.25) is 0 Å². The fourth-order valence-corrected chi connectivity index (χ4v) is 1.29. The lowest BCUT2D eigenvalue weighted by Gasteiger charge is -2.09. The first-order chi connectivity index (χ1) is 6.31. The van der Waals surface area contributed by atoms with E-state index in [0.29, 0.717) is 6.61 Å². The molecule has 1 aromatic rings. The number of methoxy groups -OCH3 is 1. The summed E-state index contributed by atoms with van der Waals surface area (Å²) in [7, 11) is 1.69. The average molecular weight is 180 g/mol. The lowest BCUT2D eigenvalue weighted by molar-refractivity contribution is 0.338. The first-order valence-electron chi connectivity index (χ1n) is 4.61. The van der Waals surface area contributed by atoms with Gasteiger partial charge in [-0.05, 0) is 37.1 Å². The summed E-state index contributed by atoms with van der Waals surface area (Å²) in [6.45, 7) is 4.79. The number of hydrogen-bond donors (Lipinski definition) is 0. The zero-order chi connectivity index (χ0) is 9.68. The maximum atomic E-state index is 5.39. The number of aryl methyl sites for hydroxylation is 1. The van der Waals surface area contributed by atoms with Gasteiger partial charge in [-0.15, -0.1) is 0 Å². The van der Waals surface area contributed by atoms with Crippen LogP contribution in [0.1, 0.15) is 19.4 Å². The van der Waals surface area contributed by atoms with Gasteiger partial charge in [0.25, 0.3) is 0 Å². The Balaban J connectivity index is 2.91. The highest BCUT2D eigenvalue weighted by Gasteiger charge is 2.02. The molecule has 0 aliphatic rings. The van der Waals surface area contributed by atoms with E-state index in [4.69, 9.17) is 9.47 Å². The summed E-state index contributed by atoms with van der Waals surface area (Å²) in [5, 5.41) is 0. The molecule has 0 atom stereocenters. The lowest BCUT2D eigenvalue weighted by atomic mass is 10.1. The first kappa shape index (κ1) is 9.90. The average Bonchev–Trinajstić information content (AvgIpc) is 2.18. The Bertz CT molecular complexity index is 269. The van der Waals surface area contributed by atoms with Crippen LogP contribution in [0.4, 0.5) is 0 Å². The molecule has 0 fully saturated rings. The highest BCUT2D eigenvalue weighted by molar-refractivity contribution is 5.40. The van der Waals surface area contributed by atoms with E-state index in [1.807, 2.05) is 25.1 Å². The molecule has 0 bridgehead atoms. The second-order valence-corrected chi connectivity index (χ2v) is 2.76. The van der Waals surface area contributed by atoms with Crippen LogP contribution in [0.5, 0.6) is 11.5 Å². The molecule has 0 aliphatic heterocycles. The Kier molecular flexibility index (Phi) is 3.62. The van der Waals surface area contributed by atoms with Crippen LogP contribution in [0.25, 0.3) is 0 Å². The van der Waals surface area contributed by atoms with Crippen molar-refractivity contribution >= 4 is 0 Å². The van der Waals surface area contributed by atoms with Crippen molar-refractivity contribution in [2.75, 3.05) is 13.7 Å². The minimum absolute atomic E-state index is 0.704. The van der Waals surface area contributed by atoms with E-state index in [9.17, 15) is 0 Å². The van der Waals surface area contributed by atoms with Crippen molar-refractivity contribution in [3.8, 4) is 11.5 Å². The van der Waals surface area contributed by atoms with Gasteiger partial charge in [-0.1, -0.05) is 6.92 Å². The van der Waals surface area contributed by atoms with E-state index in [-0.39, 0.29) is 0 Å². The van der Waals surface area contributed by atoms with Crippen molar-refractivity contribution in [3.63, 3.8) is 0 Å². The monoisotopic (exact) mass is 180 g/mol. The summed E-state index contributed by atoms with van der Waals surface area (Å²) >= 11 is 0. The molecule has 1 rings (SSSR count). The van der Waals surface area contributed by atoms with Crippen LogP contribution >= 0.6 is 0 Å². The fourth-order valence-electron chi connectivity index (χ4n) is 1.29. The molecule has 0 unspecified atom stereocenters. The van der Waals surface area contributed by atoms with Crippen LogP contribution < -0.4 is 9.47 Å². The Morgan fingerprint density at radius 2 is 2.00 bits per heavy atom. The second kappa shape index (κ2) is 4.75. The van der Waals surface area contributed by atoms with Crippen LogP contribution in [-0.2, 0) is 6.42 Å². The molecular formula is C11H16O2. The zero-order valence-corrected chi connectivity index (χ0v) is 8.46. The summed E-state index contributed by atoms with van der Waals surface area (Å²) in [4.78, 5) is 0. The predicted octanol–water partition coefficient (Wildman–Crippen LogP) is 2.66. The number of rotatable bonds is 4. The van der Waals surface area contributed by atoms with Crippen molar-refractivity contribution in [1.29, 1.82) is 0 Å². The minimum Gasteiger partial charge on any atom is -0.496 e. The van der Waals surface area contributed by atoms with Crippen molar-refractivity contribution in [1.82, 2.24) is 0 Å². The van der Waals surface area contributed by atoms with Gasteiger partial charge in [0.2, 0.25) is 0 Å². The molecule has 13 heavy (non-hydrogen) atoms. The van der Waals surface area contributed by atoms with E-state index in [2.05, 4.69) is 6.92 Å². The van der Waals surface area contributed by atoms with Gasteiger partial charge in [0.05, 0.1) is 13.7 Å².